The van der Waals surface area contributed by atoms with Crippen LogP contribution in [0.2, 0.25) is 0 Å². The molecule has 2 heterocycles. The lowest BCUT2D eigenvalue weighted by Crippen LogP contribution is -1.92. The van der Waals surface area contributed by atoms with Crippen molar-refractivity contribution < 1.29 is 77.4 Å². The maximum Gasteiger partial charge on any atom is 0.135 e. The molecule has 0 unspecified atom stereocenters. The van der Waals surface area contributed by atoms with E-state index in [0.29, 0.717) is 0 Å². The van der Waals surface area contributed by atoms with Crippen molar-refractivity contribution in [2.45, 2.75) is 0 Å². The minimum absolute atomic E-state index is 0.394. The molecule has 0 amide bonds. The largest absolute Gasteiger partial charge is 0.456 e. The second-order valence-corrected chi connectivity index (χ2v) is 19.0. The second kappa shape index (κ2) is 19.1. The van der Waals surface area contributed by atoms with Gasteiger partial charge in [-0.15, -0.1) is 0 Å². The molecule has 17 aromatic carbocycles. The lowest BCUT2D eigenvalue weighted by atomic mass is 9.84. The Morgan fingerprint density at radius 1 is 0.186 bits per heavy atom. The SMILES string of the molecule is [2H]c1c([2H])c([2H])c2c(oc3c([2H])c([2H])c(-c4c5c([2H])c([2H])c([2H])c([2H])c5c(-c5c([2H])c([2H])c([2H])c6c5c([2H])c([2H])c5c([2H])c([2H])c7c([2H])c([2H])c([2H])c([2H])c7c56)c5c([2H])c([2H])c([2H])c([2H])c45)c([2H])c32)c1[2H].[2H]c1c([2H])c([2H])c2c(oc3c([2H])c([2H])c(-c4c5c([2H])c([2H])c([2H])c([2H])c5c(-c5c([2H])c([2H])c6c(c5[2H])c([2H])c([2H])c5c([2H])c([2H])c([2H])c([2H])c56)c5c([2H])c([2H])c([2H])c([2H])c45)c([2H])c32)c1[2H]. The van der Waals surface area contributed by atoms with Crippen LogP contribution in [0.15, 0.2) is 311 Å². The van der Waals surface area contributed by atoms with Crippen molar-refractivity contribution in [1.82, 2.24) is 0 Å². The van der Waals surface area contributed by atoms with Gasteiger partial charge in [0.25, 0.3) is 0 Å². The van der Waals surface area contributed by atoms with E-state index in [4.69, 9.17) is 50.0 Å². The standard InChI is InChI=1S/C44H26O.C40H24O/c1-2-11-30-27(10-1)20-21-28-22-24-31-33(42(28)30)17-9-18-34(31)44-37-15-5-3-13-35(37)43(36-14-4-6-16-38(36)44)29-23-25-41-39(26-29)32-12-7-8-19-40(32)45-41;1-2-10-29-25(9-1)17-18-26-23-27(19-21-30(26)29)39-32-12-3-5-14-34(32)40(35-15-6-4-13-33(35)39)28-20-22-38-36(24-28)31-11-7-8-16-37(31)41-38/h1-26H;1-24H/i1D,2D,3D,4D,5D,6D,7D,8D,9D,10D,11D,12D,13D,14D,15D,16D,17D,18D,19D,20D,21D,22D,23D,24D,25D,26D;1D,2D,3D,4D,5D,6D,7D,8D,9D,10D,11D,12D,13D,14D,15D,16D,17D,18D,19D,20D,21D,22D,23D,24D. The van der Waals surface area contributed by atoms with E-state index < -0.39 is 487 Å². The highest BCUT2D eigenvalue weighted by molar-refractivity contribution is 6.28. The molecule has 0 atom stereocenters. The Hall–Kier alpha value is -11.3. The van der Waals surface area contributed by atoms with E-state index in [1.54, 1.807) is 0 Å². The average Bonchev–Trinajstić information content (AvgIpc) is 0.889. The minimum atomic E-state index is -1.00. The molecule has 2 aromatic heterocycles. The van der Waals surface area contributed by atoms with E-state index in [2.05, 4.69) is 0 Å². The molecule has 0 fully saturated rings. The van der Waals surface area contributed by atoms with Crippen molar-refractivity contribution in [1.29, 1.82) is 0 Å². The molecule has 0 spiro atoms. The lowest BCUT2D eigenvalue weighted by molar-refractivity contribution is 0.668. The van der Waals surface area contributed by atoms with E-state index in [9.17, 15) is 27.4 Å². The first-order valence-corrected chi connectivity index (χ1v) is 25.6. The molecular weight excluding hydrogens is 1040 g/mol. The molecule has 398 valence electrons. The molecule has 0 radical (unpaired) electrons. The van der Waals surface area contributed by atoms with Gasteiger partial charge >= 0.3 is 0 Å². The van der Waals surface area contributed by atoms with Crippen LogP contribution in [0.5, 0.6) is 0 Å². The van der Waals surface area contributed by atoms with Crippen molar-refractivity contribution in [2.24, 2.45) is 0 Å². The highest BCUT2D eigenvalue weighted by Crippen LogP contribution is 2.49. The smallest absolute Gasteiger partial charge is 0.135 e. The van der Waals surface area contributed by atoms with Crippen LogP contribution in [0, 0.1) is 0 Å². The summed E-state index contributed by atoms with van der Waals surface area (Å²) in [4.78, 5) is 0. The molecule has 0 aliphatic heterocycles. The third kappa shape index (κ3) is 7.40. The van der Waals surface area contributed by atoms with Crippen LogP contribution in [-0.4, -0.2) is 0 Å². The molecule has 0 aliphatic carbocycles. The van der Waals surface area contributed by atoms with E-state index in [1.807, 2.05) is 0 Å². The highest BCUT2D eigenvalue weighted by Gasteiger charge is 2.22. The Bertz CT molecular complexity index is 8990. The number of fused-ring (bicyclic) bond motifs is 18. The summed E-state index contributed by atoms with van der Waals surface area (Å²) in [5.74, 6) is 0. The summed E-state index contributed by atoms with van der Waals surface area (Å²) >= 11 is 0. The molecule has 19 aromatic rings. The lowest BCUT2D eigenvalue weighted by Gasteiger charge is -2.19. The molecule has 0 bridgehead atoms. The normalized spacial score (nSPS) is 20.1. The summed E-state index contributed by atoms with van der Waals surface area (Å²) in [6.45, 7) is 0. The van der Waals surface area contributed by atoms with E-state index >= 15 is 0 Å². The third-order valence-electron chi connectivity index (χ3n) is 14.5. The van der Waals surface area contributed by atoms with Gasteiger partial charge in [0, 0.05) is 21.5 Å². The van der Waals surface area contributed by atoms with Crippen molar-refractivity contribution in [2.75, 3.05) is 0 Å². The number of hydrogen-bond acceptors (Lipinski definition) is 2. The zero-order chi connectivity index (χ0) is 99.9. The number of benzene rings is 17. The highest BCUT2D eigenvalue weighted by atomic mass is 16.3. The second-order valence-electron chi connectivity index (χ2n) is 19.0. The van der Waals surface area contributed by atoms with Gasteiger partial charge in [-0.25, -0.2) is 0 Å². The van der Waals surface area contributed by atoms with Gasteiger partial charge in [-0.3, -0.25) is 0 Å². The maximum absolute atomic E-state index is 9.69. The predicted octanol–water partition coefficient (Wildman–Crippen LogP) is 24.2. The van der Waals surface area contributed by atoms with Gasteiger partial charge in [0.15, 0.2) is 0 Å². The number of furan rings is 2. The van der Waals surface area contributed by atoms with Gasteiger partial charge in [-0.05, 0) is 184 Å². The molecule has 19 rings (SSSR count). The molecule has 2 nitrogen and oxygen atoms in total. The molecule has 0 saturated carbocycles. The molecular formula is C84H50O2. The van der Waals surface area contributed by atoms with E-state index in [1.165, 1.54) is 0 Å². The number of rotatable bonds is 4. The van der Waals surface area contributed by atoms with Crippen LogP contribution in [0.4, 0.5) is 0 Å². The first-order valence-electron chi connectivity index (χ1n) is 50.6. The van der Waals surface area contributed by atoms with Gasteiger partial charge in [0.05, 0.1) is 68.5 Å². The fourth-order valence-electron chi connectivity index (χ4n) is 10.9. The van der Waals surface area contributed by atoms with Gasteiger partial charge in [-0.2, -0.15) is 0 Å². The van der Waals surface area contributed by atoms with Crippen LogP contribution in [0.25, 0.3) is 185 Å². The Kier molecular flexibility index (Phi) is 4.49. The summed E-state index contributed by atoms with van der Waals surface area (Å²) in [7, 11) is 0. The minimum Gasteiger partial charge on any atom is -0.456 e. The average molecular weight is 1140 g/mol. The third-order valence-corrected chi connectivity index (χ3v) is 14.5. The van der Waals surface area contributed by atoms with Crippen LogP contribution in [0.1, 0.15) is 68.5 Å². The van der Waals surface area contributed by atoms with E-state index in [-0.39, 0.29) is 0 Å². The zero-order valence-corrected chi connectivity index (χ0v) is 42.8. The topological polar surface area (TPSA) is 26.3 Å². The zero-order valence-electron chi connectivity index (χ0n) is 92.8. The quantitative estimate of drug-likeness (QED) is 0.130. The fourth-order valence-corrected chi connectivity index (χ4v) is 10.9. The van der Waals surface area contributed by atoms with Crippen LogP contribution >= 0.6 is 0 Å². The maximum atomic E-state index is 9.69. The molecule has 2 heteroatoms. The summed E-state index contributed by atoms with van der Waals surface area (Å²) in [6, 6.07) is -43.3. The van der Waals surface area contributed by atoms with Crippen LogP contribution < -0.4 is 0 Å². The summed E-state index contributed by atoms with van der Waals surface area (Å²) in [5, 5.41) is -12.7. The first kappa shape index (κ1) is 20.2. The molecule has 0 N–H and O–H groups in total. The molecule has 0 saturated heterocycles. The first-order chi connectivity index (χ1) is 63.5. The summed E-state index contributed by atoms with van der Waals surface area (Å²) < 4.78 is 461. The van der Waals surface area contributed by atoms with Crippen molar-refractivity contribution >= 4 is 141 Å². The van der Waals surface area contributed by atoms with Crippen molar-refractivity contribution in [3.63, 3.8) is 0 Å². The number of hydrogen-bond donors (Lipinski definition) is 0. The van der Waals surface area contributed by atoms with Crippen LogP contribution in [0.3, 0.4) is 0 Å². The Labute approximate surface area is 564 Å². The van der Waals surface area contributed by atoms with Gasteiger partial charge in [-0.1, -0.05) is 260 Å². The van der Waals surface area contributed by atoms with Crippen LogP contribution in [-0.2, 0) is 0 Å². The predicted molar refractivity (Wildman–Crippen MR) is 367 cm³/mol. The molecule has 0 aliphatic rings. The Balaban J connectivity index is 0.000000182. The number of para-hydroxylation sites is 2. The summed E-state index contributed by atoms with van der Waals surface area (Å²) in [5.41, 5.74) is -7.72. The van der Waals surface area contributed by atoms with Crippen molar-refractivity contribution in [3.8, 4) is 44.5 Å². The molecule has 86 heavy (non-hydrogen) atoms. The van der Waals surface area contributed by atoms with Gasteiger partial charge in [0.1, 0.15) is 22.3 Å². The monoisotopic (exact) mass is 1140 g/mol. The van der Waals surface area contributed by atoms with Gasteiger partial charge < -0.3 is 8.83 Å². The van der Waals surface area contributed by atoms with E-state index in [0.717, 1.165) is 0 Å². The Morgan fingerprint density at radius 2 is 0.523 bits per heavy atom. The summed E-state index contributed by atoms with van der Waals surface area (Å²) in [6.07, 6.45) is 0. The fraction of sp³-hybridized carbons (Fsp3) is 0. The Morgan fingerprint density at radius 3 is 1.05 bits per heavy atom. The van der Waals surface area contributed by atoms with Gasteiger partial charge in [0.2, 0.25) is 0 Å². The van der Waals surface area contributed by atoms with Crippen molar-refractivity contribution in [3.05, 3.63) is 302 Å².